The van der Waals surface area contributed by atoms with Crippen LogP contribution in [-0.2, 0) is 10.0 Å². The molecule has 0 atom stereocenters. The summed E-state index contributed by atoms with van der Waals surface area (Å²) >= 11 is 3.31. The maximum Gasteiger partial charge on any atom is 0.244 e. The molecular formula is C13H18BrN3O2S. The molecule has 1 aliphatic carbocycles. The molecule has 1 aromatic rings. The van der Waals surface area contributed by atoms with E-state index < -0.39 is 10.0 Å². The van der Waals surface area contributed by atoms with Gasteiger partial charge in [0.1, 0.15) is 0 Å². The molecule has 2 N–H and O–H groups in total. The first-order valence-electron chi connectivity index (χ1n) is 6.78. The van der Waals surface area contributed by atoms with Crippen molar-refractivity contribution in [3.8, 4) is 0 Å². The standard InChI is InChI=1S/C13H18BrN3O2S/c14-12-4-1-10(15)9-13(12)20(18,19)17-7-5-16(6-8-17)11-2-3-11/h1,4,9,11H,2-3,5-8,15H2. The predicted octanol–water partition coefficient (Wildman–Crippen LogP) is 1.50. The van der Waals surface area contributed by atoms with Gasteiger partial charge in [0, 0.05) is 42.4 Å². The third kappa shape index (κ3) is 2.72. The number of halogens is 1. The number of anilines is 1. The van der Waals surface area contributed by atoms with Crippen LogP contribution < -0.4 is 5.73 Å². The topological polar surface area (TPSA) is 66.6 Å². The van der Waals surface area contributed by atoms with Crippen molar-refractivity contribution in [1.29, 1.82) is 0 Å². The van der Waals surface area contributed by atoms with Crippen molar-refractivity contribution in [3.05, 3.63) is 22.7 Å². The van der Waals surface area contributed by atoms with E-state index in [4.69, 9.17) is 5.73 Å². The molecule has 2 fully saturated rings. The smallest absolute Gasteiger partial charge is 0.244 e. The zero-order valence-electron chi connectivity index (χ0n) is 11.1. The van der Waals surface area contributed by atoms with Gasteiger partial charge >= 0.3 is 0 Å². The molecule has 1 saturated carbocycles. The Bertz CT molecular complexity index is 608. The summed E-state index contributed by atoms with van der Waals surface area (Å²) in [6, 6.07) is 5.59. The highest BCUT2D eigenvalue weighted by atomic mass is 79.9. The highest BCUT2D eigenvalue weighted by molar-refractivity contribution is 9.10. The summed E-state index contributed by atoms with van der Waals surface area (Å²) in [5, 5.41) is 0. The highest BCUT2D eigenvalue weighted by Gasteiger charge is 2.35. The fraction of sp³-hybridized carbons (Fsp3) is 0.538. The summed E-state index contributed by atoms with van der Waals surface area (Å²) in [6.45, 7) is 2.76. The third-order valence-corrected chi connectivity index (χ3v) is 6.80. The number of sulfonamides is 1. The number of benzene rings is 1. The Labute approximate surface area is 127 Å². The van der Waals surface area contributed by atoms with Gasteiger partial charge in [-0.25, -0.2) is 8.42 Å². The van der Waals surface area contributed by atoms with E-state index in [1.54, 1.807) is 16.4 Å². The molecule has 1 heterocycles. The van der Waals surface area contributed by atoms with Crippen molar-refractivity contribution in [2.24, 2.45) is 0 Å². The van der Waals surface area contributed by atoms with Crippen LogP contribution in [0.3, 0.4) is 0 Å². The second kappa shape index (κ2) is 5.29. The zero-order chi connectivity index (χ0) is 14.3. The van der Waals surface area contributed by atoms with E-state index in [0.29, 0.717) is 29.3 Å². The lowest BCUT2D eigenvalue weighted by Crippen LogP contribution is -2.49. The molecule has 110 valence electrons. The quantitative estimate of drug-likeness (QED) is 0.830. The minimum absolute atomic E-state index is 0.261. The Hall–Kier alpha value is -0.630. The second-order valence-electron chi connectivity index (χ2n) is 5.36. The van der Waals surface area contributed by atoms with Gasteiger partial charge in [0.2, 0.25) is 10.0 Å². The van der Waals surface area contributed by atoms with E-state index >= 15 is 0 Å². The van der Waals surface area contributed by atoms with Crippen LogP contribution in [0.15, 0.2) is 27.6 Å². The van der Waals surface area contributed by atoms with Gasteiger partial charge in [-0.15, -0.1) is 0 Å². The molecule has 0 spiro atoms. The molecule has 0 unspecified atom stereocenters. The Balaban J connectivity index is 1.79. The average Bonchev–Trinajstić information content (AvgIpc) is 3.26. The van der Waals surface area contributed by atoms with E-state index in [-0.39, 0.29) is 4.90 Å². The largest absolute Gasteiger partial charge is 0.399 e. The Morgan fingerprint density at radius 3 is 2.40 bits per heavy atom. The molecule has 1 aromatic carbocycles. The van der Waals surface area contributed by atoms with Crippen LogP contribution in [0.1, 0.15) is 12.8 Å². The minimum Gasteiger partial charge on any atom is -0.399 e. The summed E-state index contributed by atoms with van der Waals surface area (Å²) in [4.78, 5) is 2.65. The van der Waals surface area contributed by atoms with Gasteiger partial charge in [0.15, 0.2) is 0 Å². The van der Waals surface area contributed by atoms with Crippen LogP contribution >= 0.6 is 15.9 Å². The average molecular weight is 360 g/mol. The molecule has 0 bridgehead atoms. The van der Waals surface area contributed by atoms with Gasteiger partial charge < -0.3 is 5.73 Å². The number of hydrogen-bond acceptors (Lipinski definition) is 4. The SMILES string of the molecule is Nc1ccc(Br)c(S(=O)(=O)N2CCN(C3CC3)CC2)c1. The van der Waals surface area contributed by atoms with Gasteiger partial charge in [-0.05, 0) is 47.0 Å². The number of piperazine rings is 1. The number of rotatable bonds is 3. The molecule has 0 radical (unpaired) electrons. The van der Waals surface area contributed by atoms with Crippen molar-refractivity contribution >= 4 is 31.6 Å². The molecule has 2 aliphatic rings. The maximum atomic E-state index is 12.7. The van der Waals surface area contributed by atoms with Crippen LogP contribution in [0.4, 0.5) is 5.69 Å². The molecule has 20 heavy (non-hydrogen) atoms. The minimum atomic E-state index is -3.46. The molecule has 0 amide bonds. The van der Waals surface area contributed by atoms with Crippen LogP contribution in [0.25, 0.3) is 0 Å². The van der Waals surface area contributed by atoms with Gasteiger partial charge in [0.25, 0.3) is 0 Å². The number of hydrogen-bond donors (Lipinski definition) is 1. The van der Waals surface area contributed by atoms with Crippen LogP contribution in [0.5, 0.6) is 0 Å². The Kier molecular flexibility index (Phi) is 3.79. The first-order valence-corrected chi connectivity index (χ1v) is 9.01. The summed E-state index contributed by atoms with van der Waals surface area (Å²) in [5.74, 6) is 0. The fourth-order valence-corrected chi connectivity index (χ4v) is 4.99. The first-order chi connectivity index (χ1) is 9.48. The van der Waals surface area contributed by atoms with Gasteiger partial charge in [-0.1, -0.05) is 0 Å². The van der Waals surface area contributed by atoms with Gasteiger partial charge in [-0.3, -0.25) is 4.90 Å². The summed E-state index contributed by atoms with van der Waals surface area (Å²) in [5.41, 5.74) is 6.17. The Morgan fingerprint density at radius 2 is 1.80 bits per heavy atom. The lowest BCUT2D eigenvalue weighted by molar-refractivity contribution is 0.180. The maximum absolute atomic E-state index is 12.7. The van der Waals surface area contributed by atoms with E-state index in [1.807, 2.05) is 0 Å². The second-order valence-corrected chi connectivity index (χ2v) is 8.12. The van der Waals surface area contributed by atoms with Crippen molar-refractivity contribution in [1.82, 2.24) is 9.21 Å². The first kappa shape index (κ1) is 14.3. The third-order valence-electron chi connectivity index (χ3n) is 3.91. The lowest BCUT2D eigenvalue weighted by atomic mass is 10.3. The van der Waals surface area contributed by atoms with Crippen LogP contribution in [0, 0.1) is 0 Å². The highest BCUT2D eigenvalue weighted by Crippen LogP contribution is 2.30. The van der Waals surface area contributed by atoms with Gasteiger partial charge in [0.05, 0.1) is 4.90 Å². The van der Waals surface area contributed by atoms with E-state index in [1.165, 1.54) is 18.9 Å². The van der Waals surface area contributed by atoms with Crippen molar-refractivity contribution < 1.29 is 8.42 Å². The molecular weight excluding hydrogens is 342 g/mol. The normalized spacial score (nSPS) is 22.1. The monoisotopic (exact) mass is 359 g/mol. The van der Waals surface area contributed by atoms with Crippen molar-refractivity contribution in [2.45, 2.75) is 23.8 Å². The van der Waals surface area contributed by atoms with E-state index in [2.05, 4.69) is 20.8 Å². The fourth-order valence-electron chi connectivity index (χ4n) is 2.61. The molecule has 7 heteroatoms. The summed E-state index contributed by atoms with van der Waals surface area (Å²) < 4.78 is 27.5. The van der Waals surface area contributed by atoms with Gasteiger partial charge in [-0.2, -0.15) is 4.31 Å². The number of nitrogens with two attached hydrogens (primary N) is 1. The van der Waals surface area contributed by atoms with Crippen LogP contribution in [0.2, 0.25) is 0 Å². The number of nitrogens with zero attached hydrogens (tertiary/aromatic N) is 2. The molecule has 3 rings (SSSR count). The van der Waals surface area contributed by atoms with E-state index in [0.717, 1.165) is 13.1 Å². The molecule has 5 nitrogen and oxygen atoms in total. The summed E-state index contributed by atoms with van der Waals surface area (Å²) in [7, 11) is -3.46. The zero-order valence-corrected chi connectivity index (χ0v) is 13.5. The molecule has 1 aliphatic heterocycles. The Morgan fingerprint density at radius 1 is 1.15 bits per heavy atom. The predicted molar refractivity (Wildman–Crippen MR) is 81.9 cm³/mol. The van der Waals surface area contributed by atoms with Crippen molar-refractivity contribution in [2.75, 3.05) is 31.9 Å². The molecule has 1 saturated heterocycles. The van der Waals surface area contributed by atoms with Crippen LogP contribution in [-0.4, -0.2) is 49.8 Å². The lowest BCUT2D eigenvalue weighted by Gasteiger charge is -2.34. The molecule has 0 aromatic heterocycles. The van der Waals surface area contributed by atoms with Crippen molar-refractivity contribution in [3.63, 3.8) is 0 Å². The summed E-state index contributed by atoms with van der Waals surface area (Å²) in [6.07, 6.45) is 2.51. The van der Waals surface area contributed by atoms with E-state index in [9.17, 15) is 8.42 Å². The number of nitrogen functional groups attached to an aromatic ring is 1.